The molecule has 0 aliphatic rings. The number of hydrogen-bond acceptors (Lipinski definition) is 4. The van der Waals surface area contributed by atoms with Gasteiger partial charge in [-0.15, -0.1) is 0 Å². The molecule has 5 heteroatoms. The van der Waals surface area contributed by atoms with Crippen molar-refractivity contribution in [2.24, 2.45) is 0 Å². The Morgan fingerprint density at radius 2 is 1.81 bits per heavy atom. The number of methoxy groups -OCH3 is 2. The van der Waals surface area contributed by atoms with E-state index in [-0.39, 0.29) is 12.2 Å². The maximum atomic E-state index is 13.8. The molecule has 0 radical (unpaired) electrons. The zero-order valence-corrected chi connectivity index (χ0v) is 11.8. The lowest BCUT2D eigenvalue weighted by atomic mass is 10.1. The summed E-state index contributed by atoms with van der Waals surface area (Å²) in [6.07, 6.45) is 0. The maximum Gasteiger partial charge on any atom is 0.340 e. The minimum absolute atomic E-state index is 0.0986. The standard InChI is InChI=1S/C16H15FO4/c1-19-14-5-3-4-6-15(14)21-10-11-7-8-12(13(17)9-11)16(18)20-2/h3-9H,10H2,1-2H3. The number of ether oxygens (including phenoxy) is 3. The number of esters is 1. The third kappa shape index (κ3) is 3.51. The van der Waals surface area contributed by atoms with E-state index >= 15 is 0 Å². The summed E-state index contributed by atoms with van der Waals surface area (Å²) in [4.78, 5) is 11.3. The quantitative estimate of drug-likeness (QED) is 0.793. The van der Waals surface area contributed by atoms with Crippen LogP contribution in [0.15, 0.2) is 42.5 Å². The Kier molecular flexibility index (Phi) is 4.77. The lowest BCUT2D eigenvalue weighted by molar-refractivity contribution is 0.0595. The van der Waals surface area contributed by atoms with E-state index in [1.54, 1.807) is 25.3 Å². The van der Waals surface area contributed by atoms with E-state index in [4.69, 9.17) is 9.47 Å². The monoisotopic (exact) mass is 290 g/mol. The summed E-state index contributed by atoms with van der Waals surface area (Å²) in [5.74, 6) is -0.172. The topological polar surface area (TPSA) is 44.8 Å². The van der Waals surface area contributed by atoms with Gasteiger partial charge in [-0.2, -0.15) is 0 Å². The number of rotatable bonds is 5. The molecule has 0 N–H and O–H groups in total. The van der Waals surface area contributed by atoms with Gasteiger partial charge in [0.15, 0.2) is 11.5 Å². The number of para-hydroxylation sites is 2. The Morgan fingerprint density at radius 3 is 2.43 bits per heavy atom. The predicted octanol–water partition coefficient (Wildman–Crippen LogP) is 3.20. The van der Waals surface area contributed by atoms with Crippen LogP contribution >= 0.6 is 0 Å². The molecule has 0 bridgehead atoms. The highest BCUT2D eigenvalue weighted by molar-refractivity contribution is 5.89. The Morgan fingerprint density at radius 1 is 1.10 bits per heavy atom. The van der Waals surface area contributed by atoms with Crippen LogP contribution in [0.4, 0.5) is 4.39 Å². The highest BCUT2D eigenvalue weighted by Gasteiger charge is 2.12. The predicted molar refractivity (Wildman–Crippen MR) is 75.1 cm³/mol. The number of carbonyl (C=O) groups excluding carboxylic acids is 1. The van der Waals surface area contributed by atoms with Crippen LogP contribution < -0.4 is 9.47 Å². The summed E-state index contributed by atoms with van der Waals surface area (Å²) in [5, 5.41) is 0. The molecule has 2 aromatic carbocycles. The maximum absolute atomic E-state index is 13.8. The molecule has 0 amide bonds. The van der Waals surface area contributed by atoms with Crippen LogP contribution in [-0.4, -0.2) is 20.2 Å². The van der Waals surface area contributed by atoms with Crippen molar-refractivity contribution in [3.63, 3.8) is 0 Å². The average Bonchev–Trinajstić information content (AvgIpc) is 2.52. The molecule has 0 saturated heterocycles. The average molecular weight is 290 g/mol. The fraction of sp³-hybridized carbons (Fsp3) is 0.188. The number of carbonyl (C=O) groups is 1. The van der Waals surface area contributed by atoms with Gasteiger partial charge in [-0.3, -0.25) is 0 Å². The van der Waals surface area contributed by atoms with Crippen LogP contribution in [0.5, 0.6) is 11.5 Å². The lowest BCUT2D eigenvalue weighted by Crippen LogP contribution is -2.05. The van der Waals surface area contributed by atoms with Gasteiger partial charge in [0.1, 0.15) is 12.4 Å². The molecule has 0 atom stereocenters. The Balaban J connectivity index is 2.10. The zero-order chi connectivity index (χ0) is 15.2. The molecule has 0 aliphatic heterocycles. The molecule has 0 spiro atoms. The van der Waals surface area contributed by atoms with Gasteiger partial charge in [0.05, 0.1) is 19.8 Å². The van der Waals surface area contributed by atoms with E-state index in [2.05, 4.69) is 4.74 Å². The SMILES string of the molecule is COC(=O)c1ccc(COc2ccccc2OC)cc1F. The summed E-state index contributed by atoms with van der Waals surface area (Å²) < 4.78 is 29.0. The normalized spacial score (nSPS) is 10.0. The van der Waals surface area contributed by atoms with Gasteiger partial charge in [-0.1, -0.05) is 18.2 Å². The van der Waals surface area contributed by atoms with Gasteiger partial charge in [0.2, 0.25) is 0 Å². The summed E-state index contributed by atoms with van der Waals surface area (Å²) in [6.45, 7) is 0.165. The van der Waals surface area contributed by atoms with Crippen LogP contribution in [0.3, 0.4) is 0 Å². The molecular weight excluding hydrogens is 275 g/mol. The van der Waals surface area contributed by atoms with E-state index in [0.717, 1.165) is 0 Å². The molecule has 0 fully saturated rings. The number of hydrogen-bond donors (Lipinski definition) is 0. The minimum atomic E-state index is -0.704. The second-order valence-electron chi connectivity index (χ2n) is 4.25. The summed E-state index contributed by atoms with van der Waals surface area (Å²) in [7, 11) is 2.76. The summed E-state index contributed by atoms with van der Waals surface area (Å²) in [6, 6.07) is 11.4. The van der Waals surface area contributed by atoms with Crippen molar-refractivity contribution in [3.05, 3.63) is 59.4 Å². The fourth-order valence-electron chi connectivity index (χ4n) is 1.82. The molecule has 21 heavy (non-hydrogen) atoms. The Bertz CT molecular complexity index is 640. The Labute approximate surface area is 122 Å². The Hall–Kier alpha value is -2.56. The van der Waals surface area contributed by atoms with Crippen LogP contribution in [0.25, 0.3) is 0 Å². The minimum Gasteiger partial charge on any atom is -0.493 e. The van der Waals surface area contributed by atoms with Crippen molar-refractivity contribution in [1.82, 2.24) is 0 Å². The van der Waals surface area contributed by atoms with Crippen LogP contribution in [0.2, 0.25) is 0 Å². The molecule has 4 nitrogen and oxygen atoms in total. The molecule has 0 aromatic heterocycles. The second kappa shape index (κ2) is 6.74. The van der Waals surface area contributed by atoms with Gasteiger partial charge in [-0.05, 0) is 29.8 Å². The van der Waals surface area contributed by atoms with Crippen LogP contribution in [0, 0.1) is 5.82 Å². The van der Waals surface area contributed by atoms with E-state index < -0.39 is 11.8 Å². The van der Waals surface area contributed by atoms with Crippen molar-refractivity contribution in [2.75, 3.05) is 14.2 Å². The summed E-state index contributed by atoms with van der Waals surface area (Å²) >= 11 is 0. The van der Waals surface area contributed by atoms with Crippen molar-refractivity contribution in [2.45, 2.75) is 6.61 Å². The van der Waals surface area contributed by atoms with Crippen LogP contribution in [-0.2, 0) is 11.3 Å². The smallest absolute Gasteiger partial charge is 0.340 e. The molecule has 2 rings (SSSR count). The molecule has 0 unspecified atom stereocenters. The van der Waals surface area contributed by atoms with Gasteiger partial charge in [0, 0.05) is 0 Å². The van der Waals surface area contributed by atoms with E-state index in [1.807, 2.05) is 12.1 Å². The highest BCUT2D eigenvalue weighted by Crippen LogP contribution is 2.26. The number of benzene rings is 2. The third-order valence-corrected chi connectivity index (χ3v) is 2.90. The second-order valence-corrected chi connectivity index (χ2v) is 4.25. The fourth-order valence-corrected chi connectivity index (χ4v) is 1.82. The van der Waals surface area contributed by atoms with Crippen molar-refractivity contribution >= 4 is 5.97 Å². The molecule has 0 heterocycles. The first-order chi connectivity index (χ1) is 10.2. The highest BCUT2D eigenvalue weighted by atomic mass is 19.1. The van der Waals surface area contributed by atoms with Gasteiger partial charge < -0.3 is 14.2 Å². The van der Waals surface area contributed by atoms with E-state index in [0.29, 0.717) is 17.1 Å². The van der Waals surface area contributed by atoms with Crippen LogP contribution in [0.1, 0.15) is 15.9 Å². The summed E-state index contributed by atoms with van der Waals surface area (Å²) in [5.41, 5.74) is 0.504. The first-order valence-electron chi connectivity index (χ1n) is 6.28. The molecule has 2 aromatic rings. The molecule has 0 aliphatic carbocycles. The lowest BCUT2D eigenvalue weighted by Gasteiger charge is -2.10. The van der Waals surface area contributed by atoms with E-state index in [1.165, 1.54) is 19.2 Å². The zero-order valence-electron chi connectivity index (χ0n) is 11.8. The molecule has 110 valence electrons. The number of halogens is 1. The van der Waals surface area contributed by atoms with Crippen molar-refractivity contribution in [3.8, 4) is 11.5 Å². The molecular formula is C16H15FO4. The largest absolute Gasteiger partial charge is 0.493 e. The van der Waals surface area contributed by atoms with Gasteiger partial charge in [0.25, 0.3) is 0 Å². The van der Waals surface area contributed by atoms with Gasteiger partial charge >= 0.3 is 5.97 Å². The van der Waals surface area contributed by atoms with Gasteiger partial charge in [-0.25, -0.2) is 9.18 Å². The molecule has 0 saturated carbocycles. The first kappa shape index (κ1) is 14.8. The third-order valence-electron chi connectivity index (χ3n) is 2.90. The van der Waals surface area contributed by atoms with Crippen molar-refractivity contribution < 1.29 is 23.4 Å². The van der Waals surface area contributed by atoms with E-state index in [9.17, 15) is 9.18 Å². The van der Waals surface area contributed by atoms with Crippen molar-refractivity contribution in [1.29, 1.82) is 0 Å². The first-order valence-corrected chi connectivity index (χ1v) is 6.28.